The van der Waals surface area contributed by atoms with E-state index < -0.39 is 19.9 Å². The molecule has 1 aliphatic rings. The van der Waals surface area contributed by atoms with Gasteiger partial charge < -0.3 is 4.74 Å². The Hall–Kier alpha value is -1.90. The Morgan fingerprint density at radius 3 is 2.03 bits per heavy atom. The maximum absolute atomic E-state index is 12.7. The molecule has 0 spiro atoms. The van der Waals surface area contributed by atoms with Crippen molar-refractivity contribution in [3.8, 4) is 5.75 Å². The van der Waals surface area contributed by atoms with E-state index in [1.807, 2.05) is 24.3 Å². The second-order valence-corrected chi connectivity index (χ2v) is 12.3. The Labute approximate surface area is 179 Å². The van der Waals surface area contributed by atoms with Crippen molar-refractivity contribution in [3.05, 3.63) is 59.7 Å². The molecule has 30 heavy (non-hydrogen) atoms. The Balaban J connectivity index is 1.62. The molecule has 1 N–H and O–H groups in total. The zero-order chi connectivity index (χ0) is 21.8. The summed E-state index contributed by atoms with van der Waals surface area (Å²) in [5, 5.41) is 0. The summed E-state index contributed by atoms with van der Waals surface area (Å²) in [5.41, 5.74) is 2.06. The molecule has 0 aromatic heterocycles. The quantitative estimate of drug-likeness (QED) is 0.600. The minimum atomic E-state index is -3.58. The minimum absolute atomic E-state index is 0.0756. The summed E-state index contributed by atoms with van der Waals surface area (Å²) in [6.07, 6.45) is 5.60. The molecular formula is C22H29NO5S2. The summed E-state index contributed by atoms with van der Waals surface area (Å²) in [4.78, 5) is 0.230. The average molecular weight is 452 g/mol. The lowest BCUT2D eigenvalue weighted by Crippen LogP contribution is -2.43. The topological polar surface area (TPSA) is 89.5 Å². The molecule has 0 atom stereocenters. The fraction of sp³-hybridized carbons (Fsp3) is 0.455. The summed E-state index contributed by atoms with van der Waals surface area (Å²) in [5.74, 6) is 0.757. The van der Waals surface area contributed by atoms with Gasteiger partial charge in [0, 0.05) is 12.8 Å². The highest BCUT2D eigenvalue weighted by Gasteiger charge is 2.38. The maximum atomic E-state index is 12.7. The van der Waals surface area contributed by atoms with E-state index in [0.29, 0.717) is 18.7 Å². The normalized spacial score (nSPS) is 16.1. The van der Waals surface area contributed by atoms with Gasteiger partial charge in [0.2, 0.25) is 10.0 Å². The molecule has 0 saturated heterocycles. The average Bonchev–Trinajstić information content (AvgIpc) is 2.68. The van der Waals surface area contributed by atoms with Gasteiger partial charge in [0.1, 0.15) is 15.6 Å². The lowest BCUT2D eigenvalue weighted by Gasteiger charge is -2.42. The van der Waals surface area contributed by atoms with Gasteiger partial charge in [0.05, 0.1) is 17.8 Å². The van der Waals surface area contributed by atoms with Gasteiger partial charge in [-0.3, -0.25) is 0 Å². The largest absolute Gasteiger partial charge is 0.497 e. The molecule has 0 radical (unpaired) electrons. The molecule has 2 aromatic rings. The molecule has 164 valence electrons. The van der Waals surface area contributed by atoms with Crippen molar-refractivity contribution in [2.45, 2.75) is 37.0 Å². The van der Waals surface area contributed by atoms with Crippen LogP contribution >= 0.6 is 0 Å². The smallest absolute Gasteiger partial charge is 0.240 e. The van der Waals surface area contributed by atoms with Gasteiger partial charge in [0.25, 0.3) is 0 Å². The lowest BCUT2D eigenvalue weighted by atomic mass is 9.65. The van der Waals surface area contributed by atoms with E-state index in [2.05, 4.69) is 4.72 Å². The molecule has 1 aliphatic carbocycles. The van der Waals surface area contributed by atoms with Crippen LogP contribution in [0.15, 0.2) is 53.4 Å². The summed E-state index contributed by atoms with van der Waals surface area (Å²) >= 11 is 0. The van der Waals surface area contributed by atoms with Crippen LogP contribution in [0, 0.1) is 5.41 Å². The van der Waals surface area contributed by atoms with Crippen molar-refractivity contribution >= 4 is 19.9 Å². The van der Waals surface area contributed by atoms with Gasteiger partial charge in [-0.25, -0.2) is 21.6 Å². The van der Waals surface area contributed by atoms with Crippen LogP contribution in [0.4, 0.5) is 0 Å². The van der Waals surface area contributed by atoms with Gasteiger partial charge in [-0.1, -0.05) is 30.7 Å². The third-order valence-electron chi connectivity index (χ3n) is 5.78. The van der Waals surface area contributed by atoms with Crippen molar-refractivity contribution < 1.29 is 21.6 Å². The molecule has 0 unspecified atom stereocenters. The Morgan fingerprint density at radius 2 is 1.53 bits per heavy atom. The number of benzene rings is 2. The molecule has 2 aromatic carbocycles. The van der Waals surface area contributed by atoms with Crippen molar-refractivity contribution in [3.63, 3.8) is 0 Å². The van der Waals surface area contributed by atoms with E-state index in [1.165, 1.54) is 6.26 Å². The predicted molar refractivity (Wildman–Crippen MR) is 118 cm³/mol. The van der Waals surface area contributed by atoms with Gasteiger partial charge in [-0.15, -0.1) is 0 Å². The van der Waals surface area contributed by atoms with Crippen LogP contribution in [0.5, 0.6) is 5.75 Å². The molecule has 1 saturated carbocycles. The second-order valence-electron chi connectivity index (χ2n) is 8.23. The molecular weight excluding hydrogens is 422 g/mol. The van der Waals surface area contributed by atoms with E-state index in [4.69, 9.17) is 4.74 Å². The van der Waals surface area contributed by atoms with E-state index >= 15 is 0 Å². The minimum Gasteiger partial charge on any atom is -0.497 e. The van der Waals surface area contributed by atoms with Gasteiger partial charge >= 0.3 is 0 Å². The van der Waals surface area contributed by atoms with E-state index in [9.17, 15) is 16.8 Å². The first-order valence-electron chi connectivity index (χ1n) is 10.0. The molecule has 0 heterocycles. The highest BCUT2D eigenvalue weighted by Crippen LogP contribution is 2.43. The number of rotatable bonds is 10. The Morgan fingerprint density at radius 1 is 0.933 bits per heavy atom. The lowest BCUT2D eigenvalue weighted by molar-refractivity contribution is 0.139. The zero-order valence-corrected chi connectivity index (χ0v) is 19.1. The van der Waals surface area contributed by atoms with Crippen molar-refractivity contribution in [1.29, 1.82) is 0 Å². The molecule has 0 amide bonds. The summed E-state index contributed by atoms with van der Waals surface area (Å²) in [6.45, 7) is 0.400. The standard InChI is InChI=1S/C22H29NO5S2/c1-28-20-8-10-21(11-9-20)30(26,27)23-17-22(13-3-14-22)16-19-6-4-18(5-7-19)12-15-29(2,24)25/h4-11,23H,3,12-17H2,1-2H3. The number of aryl methyl sites for hydroxylation is 1. The zero-order valence-electron chi connectivity index (χ0n) is 17.4. The number of ether oxygens (including phenoxy) is 1. The van der Waals surface area contributed by atoms with Gasteiger partial charge in [0.15, 0.2) is 0 Å². The number of sulfone groups is 1. The van der Waals surface area contributed by atoms with E-state index in [1.54, 1.807) is 31.4 Å². The van der Waals surface area contributed by atoms with Crippen LogP contribution in [-0.2, 0) is 32.7 Å². The van der Waals surface area contributed by atoms with Crippen LogP contribution in [-0.4, -0.2) is 42.5 Å². The van der Waals surface area contributed by atoms with Gasteiger partial charge in [-0.05, 0) is 66.5 Å². The number of sulfonamides is 1. The van der Waals surface area contributed by atoms with E-state index in [-0.39, 0.29) is 16.1 Å². The van der Waals surface area contributed by atoms with Crippen molar-refractivity contribution in [2.75, 3.05) is 25.7 Å². The first-order valence-corrected chi connectivity index (χ1v) is 13.5. The van der Waals surface area contributed by atoms with Crippen LogP contribution in [0.3, 0.4) is 0 Å². The summed E-state index contributed by atoms with van der Waals surface area (Å²) in [7, 11) is -5.01. The van der Waals surface area contributed by atoms with Crippen molar-refractivity contribution in [2.24, 2.45) is 5.41 Å². The fourth-order valence-electron chi connectivity index (χ4n) is 3.74. The molecule has 3 rings (SSSR count). The molecule has 8 heteroatoms. The highest BCUT2D eigenvalue weighted by atomic mass is 32.2. The van der Waals surface area contributed by atoms with E-state index in [0.717, 1.165) is 36.8 Å². The fourth-order valence-corrected chi connectivity index (χ4v) is 5.50. The maximum Gasteiger partial charge on any atom is 0.240 e. The van der Waals surface area contributed by atoms with Crippen LogP contribution in [0.25, 0.3) is 0 Å². The van der Waals surface area contributed by atoms with Crippen molar-refractivity contribution in [1.82, 2.24) is 4.72 Å². The highest BCUT2D eigenvalue weighted by molar-refractivity contribution is 7.90. The number of methoxy groups -OCH3 is 1. The molecule has 6 nitrogen and oxygen atoms in total. The number of hydrogen-bond donors (Lipinski definition) is 1. The Bertz CT molecular complexity index is 1060. The van der Waals surface area contributed by atoms with Crippen LogP contribution < -0.4 is 9.46 Å². The second kappa shape index (κ2) is 9.08. The summed E-state index contributed by atoms with van der Waals surface area (Å²) < 4.78 is 55.9. The molecule has 0 aliphatic heterocycles. The third kappa shape index (κ3) is 6.06. The molecule has 1 fully saturated rings. The summed E-state index contributed by atoms with van der Waals surface area (Å²) in [6, 6.07) is 14.3. The Kier molecular flexibility index (Phi) is 6.89. The van der Waals surface area contributed by atoms with Crippen LogP contribution in [0.1, 0.15) is 30.4 Å². The SMILES string of the molecule is COc1ccc(S(=O)(=O)NCC2(Cc3ccc(CCS(C)(=O)=O)cc3)CCC2)cc1. The predicted octanol–water partition coefficient (Wildman–Crippen LogP) is 2.97. The third-order valence-corrected chi connectivity index (χ3v) is 8.15. The monoisotopic (exact) mass is 451 g/mol. The number of hydrogen-bond acceptors (Lipinski definition) is 5. The van der Waals surface area contributed by atoms with Crippen LogP contribution in [0.2, 0.25) is 0 Å². The first kappa shape index (κ1) is 22.8. The molecule has 0 bridgehead atoms. The first-order chi connectivity index (χ1) is 14.1. The van der Waals surface area contributed by atoms with Gasteiger partial charge in [-0.2, -0.15) is 0 Å². The number of nitrogens with one attached hydrogen (secondary N) is 1.